The van der Waals surface area contributed by atoms with Gasteiger partial charge in [0.05, 0.1) is 23.0 Å². The Morgan fingerprint density at radius 3 is 2.89 bits per heavy atom. The van der Waals surface area contributed by atoms with Crippen molar-refractivity contribution in [3.63, 3.8) is 0 Å². The van der Waals surface area contributed by atoms with Crippen LogP contribution in [-0.4, -0.2) is 25.7 Å². The summed E-state index contributed by atoms with van der Waals surface area (Å²) in [7, 11) is -3.01. The number of nitrogens with zero attached hydrogens (tertiary/aromatic N) is 1. The topological polar surface area (TPSA) is 57.9 Å². The summed E-state index contributed by atoms with van der Waals surface area (Å²) in [5.74, 6) is 1.49. The van der Waals surface area contributed by atoms with E-state index in [0.717, 1.165) is 5.75 Å². The minimum Gasteiger partial charge on any atom is -0.229 e. The molecule has 0 saturated carbocycles. The molecule has 2 aliphatic heterocycles. The van der Waals surface area contributed by atoms with Crippen LogP contribution in [0.2, 0.25) is 0 Å². The van der Waals surface area contributed by atoms with Crippen LogP contribution in [0.5, 0.6) is 0 Å². The monoisotopic (exact) mass is 293 g/mol. The molecule has 1 aromatic carbocycles. The highest BCUT2D eigenvalue weighted by molar-refractivity contribution is 7.99. The first kappa shape index (κ1) is 13.0. The van der Waals surface area contributed by atoms with Gasteiger partial charge in [-0.1, -0.05) is 18.2 Å². The van der Waals surface area contributed by atoms with Crippen LogP contribution in [0.4, 0.5) is 0 Å². The Kier molecular flexibility index (Phi) is 3.11. The quantitative estimate of drug-likeness (QED) is 0.841. The number of rotatable bonds is 2. The van der Waals surface area contributed by atoms with Crippen molar-refractivity contribution in [1.29, 1.82) is 5.26 Å². The van der Waals surface area contributed by atoms with Gasteiger partial charge < -0.3 is 0 Å². The molecule has 0 N–H and O–H groups in total. The van der Waals surface area contributed by atoms with Gasteiger partial charge in [0.2, 0.25) is 0 Å². The van der Waals surface area contributed by atoms with Crippen LogP contribution in [0.3, 0.4) is 0 Å². The second-order valence-corrected chi connectivity index (χ2v) is 8.73. The Morgan fingerprint density at radius 1 is 1.42 bits per heavy atom. The summed E-state index contributed by atoms with van der Waals surface area (Å²) in [6.45, 7) is 0. The molecule has 2 aliphatic rings. The van der Waals surface area contributed by atoms with Crippen LogP contribution in [-0.2, 0) is 9.84 Å². The molecule has 0 spiro atoms. The van der Waals surface area contributed by atoms with E-state index in [2.05, 4.69) is 18.2 Å². The summed E-state index contributed by atoms with van der Waals surface area (Å²) < 4.78 is 23.3. The van der Waals surface area contributed by atoms with Crippen molar-refractivity contribution in [2.75, 3.05) is 17.3 Å². The minimum absolute atomic E-state index is 0.0415. The molecule has 100 valence electrons. The van der Waals surface area contributed by atoms with Gasteiger partial charge in [-0.25, -0.2) is 8.42 Å². The zero-order valence-corrected chi connectivity index (χ0v) is 12.1. The molecule has 0 bridgehead atoms. The fourth-order valence-electron chi connectivity index (χ4n) is 3.08. The zero-order valence-electron chi connectivity index (χ0n) is 10.5. The fourth-order valence-corrected chi connectivity index (χ4v) is 6.35. The maximum atomic E-state index is 11.7. The van der Waals surface area contributed by atoms with E-state index in [0.29, 0.717) is 18.8 Å². The maximum absolute atomic E-state index is 11.7. The third kappa shape index (κ3) is 2.39. The summed E-state index contributed by atoms with van der Waals surface area (Å²) in [4.78, 5) is 1.28. The number of hydrogen-bond acceptors (Lipinski definition) is 4. The van der Waals surface area contributed by atoms with E-state index in [4.69, 9.17) is 0 Å². The lowest BCUT2D eigenvalue weighted by Crippen LogP contribution is -2.23. The average molecular weight is 293 g/mol. The van der Waals surface area contributed by atoms with Gasteiger partial charge in [0.25, 0.3) is 0 Å². The Morgan fingerprint density at radius 2 is 2.21 bits per heavy atom. The first-order valence-electron chi connectivity index (χ1n) is 6.37. The van der Waals surface area contributed by atoms with Crippen LogP contribution >= 0.6 is 11.8 Å². The van der Waals surface area contributed by atoms with Crippen LogP contribution < -0.4 is 0 Å². The summed E-state index contributed by atoms with van der Waals surface area (Å²) in [5, 5.41) is 9.44. The second-order valence-electron chi connectivity index (χ2n) is 5.48. The van der Waals surface area contributed by atoms with Gasteiger partial charge in [-0.3, -0.25) is 0 Å². The molecular weight excluding hydrogens is 278 g/mol. The molecule has 19 heavy (non-hydrogen) atoms. The first-order valence-corrected chi connectivity index (χ1v) is 9.18. The van der Waals surface area contributed by atoms with E-state index < -0.39 is 15.3 Å². The summed E-state index contributed by atoms with van der Waals surface area (Å²) >= 11 is 1.81. The number of nitriles is 1. The first-order chi connectivity index (χ1) is 9.04. The van der Waals surface area contributed by atoms with Crippen molar-refractivity contribution in [3.8, 4) is 6.07 Å². The molecule has 2 heterocycles. The highest BCUT2D eigenvalue weighted by Gasteiger charge is 2.45. The molecule has 1 saturated heterocycles. The molecule has 1 fully saturated rings. The molecule has 2 unspecified atom stereocenters. The van der Waals surface area contributed by atoms with Crippen molar-refractivity contribution in [2.45, 2.75) is 23.7 Å². The third-order valence-corrected chi connectivity index (χ3v) is 7.13. The Labute approximate surface area is 117 Å². The number of benzene rings is 1. The number of fused-ring (bicyclic) bond motifs is 1. The normalized spacial score (nSPS) is 31.8. The van der Waals surface area contributed by atoms with Crippen LogP contribution in [0.1, 0.15) is 24.3 Å². The van der Waals surface area contributed by atoms with Crippen molar-refractivity contribution in [2.24, 2.45) is 5.41 Å². The summed E-state index contributed by atoms with van der Waals surface area (Å²) in [6, 6.07) is 10.5. The van der Waals surface area contributed by atoms with Gasteiger partial charge in [-0.05, 0) is 30.4 Å². The fraction of sp³-hybridized carbons (Fsp3) is 0.500. The van der Waals surface area contributed by atoms with Crippen LogP contribution in [0, 0.1) is 16.7 Å². The van der Waals surface area contributed by atoms with E-state index in [-0.39, 0.29) is 11.5 Å². The third-order valence-electron chi connectivity index (χ3n) is 4.06. The van der Waals surface area contributed by atoms with Gasteiger partial charge in [0.15, 0.2) is 9.84 Å². The molecule has 2 atom stereocenters. The lowest BCUT2D eigenvalue weighted by Gasteiger charge is -2.23. The standard InChI is InChI=1S/C14H15NO2S2/c15-9-14(5-6-19(16,17)10-14)7-11-8-18-13-4-2-1-3-12(11)13/h1-4,11H,5-8,10H2. The van der Waals surface area contributed by atoms with Gasteiger partial charge in [0.1, 0.15) is 0 Å². The molecule has 5 heteroatoms. The second kappa shape index (κ2) is 4.53. The predicted molar refractivity (Wildman–Crippen MR) is 75.8 cm³/mol. The van der Waals surface area contributed by atoms with E-state index in [1.807, 2.05) is 23.9 Å². The average Bonchev–Trinajstić information content (AvgIpc) is 2.93. The highest BCUT2D eigenvalue weighted by atomic mass is 32.2. The number of thioether (sulfide) groups is 1. The Hall–Kier alpha value is -0.990. The van der Waals surface area contributed by atoms with E-state index in [1.165, 1.54) is 10.5 Å². The molecule has 0 aliphatic carbocycles. The van der Waals surface area contributed by atoms with Crippen LogP contribution in [0.25, 0.3) is 0 Å². The zero-order chi connectivity index (χ0) is 13.5. The van der Waals surface area contributed by atoms with Gasteiger partial charge in [-0.15, -0.1) is 11.8 Å². The Balaban J connectivity index is 1.85. The molecule has 3 nitrogen and oxygen atoms in total. The molecule has 3 rings (SSSR count). The molecular formula is C14H15NO2S2. The number of sulfone groups is 1. The van der Waals surface area contributed by atoms with E-state index >= 15 is 0 Å². The van der Waals surface area contributed by atoms with Crippen molar-refractivity contribution >= 4 is 21.6 Å². The Bertz CT molecular complexity index is 648. The predicted octanol–water partition coefficient (Wildman–Crippen LogP) is 2.59. The molecule has 0 aromatic heterocycles. The number of hydrogen-bond donors (Lipinski definition) is 0. The van der Waals surface area contributed by atoms with E-state index in [9.17, 15) is 13.7 Å². The largest absolute Gasteiger partial charge is 0.229 e. The SMILES string of the molecule is N#CC1(CC2CSc3ccccc32)CCS(=O)(=O)C1. The lowest BCUT2D eigenvalue weighted by atomic mass is 9.78. The smallest absolute Gasteiger partial charge is 0.151 e. The molecule has 0 radical (unpaired) electrons. The lowest BCUT2D eigenvalue weighted by molar-refractivity contribution is 0.386. The van der Waals surface area contributed by atoms with Crippen LogP contribution in [0.15, 0.2) is 29.2 Å². The minimum atomic E-state index is -3.01. The highest BCUT2D eigenvalue weighted by Crippen LogP contribution is 2.47. The van der Waals surface area contributed by atoms with Gasteiger partial charge >= 0.3 is 0 Å². The maximum Gasteiger partial charge on any atom is 0.151 e. The summed E-state index contributed by atoms with van der Waals surface area (Å²) in [6.07, 6.45) is 1.17. The van der Waals surface area contributed by atoms with E-state index in [1.54, 1.807) is 0 Å². The summed E-state index contributed by atoms with van der Waals surface area (Å²) in [5.41, 5.74) is 0.619. The van der Waals surface area contributed by atoms with Crippen molar-refractivity contribution in [3.05, 3.63) is 29.8 Å². The van der Waals surface area contributed by atoms with Crippen molar-refractivity contribution < 1.29 is 8.42 Å². The molecule has 0 amide bonds. The van der Waals surface area contributed by atoms with Crippen molar-refractivity contribution in [1.82, 2.24) is 0 Å². The van der Waals surface area contributed by atoms with Gasteiger partial charge in [-0.2, -0.15) is 5.26 Å². The molecule has 1 aromatic rings. The van der Waals surface area contributed by atoms with Gasteiger partial charge in [0, 0.05) is 10.6 Å².